The third-order valence-electron chi connectivity index (χ3n) is 5.28. The molecule has 34 heavy (non-hydrogen) atoms. The second kappa shape index (κ2) is 9.90. The summed E-state index contributed by atoms with van der Waals surface area (Å²) in [5, 5.41) is 0.0204. The van der Waals surface area contributed by atoms with Crippen LogP contribution in [-0.2, 0) is 36.3 Å². The molecule has 0 aliphatic rings. The molecule has 1 aromatic carbocycles. The number of sulfonamides is 1. The Morgan fingerprint density at radius 2 is 2.03 bits per heavy atom. The Labute approximate surface area is 200 Å². The summed E-state index contributed by atoms with van der Waals surface area (Å²) in [5.74, 6) is -0.558. The molecular formula is C22H25FN3O6S2. The number of thiazole rings is 1. The van der Waals surface area contributed by atoms with Crippen LogP contribution < -0.4 is 5.56 Å². The van der Waals surface area contributed by atoms with Crippen molar-refractivity contribution in [2.45, 2.75) is 31.8 Å². The van der Waals surface area contributed by atoms with Crippen molar-refractivity contribution in [1.29, 1.82) is 0 Å². The van der Waals surface area contributed by atoms with Crippen molar-refractivity contribution in [3.63, 3.8) is 0 Å². The SMILES string of the molecule is COC(C)(c1nc2cc(-c3ccc(=O)n(C)c3)c(F)cc2s1)S(=O)(=O)N([C]=O)CCOC(C)C. The van der Waals surface area contributed by atoms with Crippen molar-refractivity contribution in [3.8, 4) is 11.1 Å². The van der Waals surface area contributed by atoms with Crippen LogP contribution in [-0.4, -0.2) is 55.0 Å². The molecule has 0 bridgehead atoms. The second-order valence-corrected chi connectivity index (χ2v) is 11.1. The molecule has 2 aromatic heterocycles. The molecule has 3 rings (SSSR count). The lowest BCUT2D eigenvalue weighted by molar-refractivity contribution is 0.0630. The molecule has 0 spiro atoms. The van der Waals surface area contributed by atoms with E-state index >= 15 is 0 Å². The predicted molar refractivity (Wildman–Crippen MR) is 127 cm³/mol. The first-order valence-corrected chi connectivity index (χ1v) is 12.5. The van der Waals surface area contributed by atoms with Gasteiger partial charge in [-0.25, -0.2) is 22.1 Å². The van der Waals surface area contributed by atoms with Gasteiger partial charge in [0.15, 0.2) is 0 Å². The molecule has 1 radical (unpaired) electrons. The molecule has 2 heterocycles. The van der Waals surface area contributed by atoms with E-state index in [1.807, 2.05) is 0 Å². The number of carbonyl (C=O) groups excluding carboxylic acids is 1. The minimum absolute atomic E-state index is 0.0140. The molecule has 0 aliphatic carbocycles. The Morgan fingerprint density at radius 3 is 2.62 bits per heavy atom. The normalized spacial score (nSPS) is 13.9. The summed E-state index contributed by atoms with van der Waals surface area (Å²) in [5.41, 5.74) is 0.770. The zero-order valence-electron chi connectivity index (χ0n) is 19.4. The van der Waals surface area contributed by atoms with E-state index in [9.17, 15) is 22.4 Å². The van der Waals surface area contributed by atoms with Gasteiger partial charge in [-0.2, -0.15) is 0 Å². The van der Waals surface area contributed by atoms with Gasteiger partial charge >= 0.3 is 6.41 Å². The third-order valence-corrected chi connectivity index (χ3v) is 8.81. The highest BCUT2D eigenvalue weighted by atomic mass is 32.2. The van der Waals surface area contributed by atoms with E-state index in [-0.39, 0.29) is 35.4 Å². The van der Waals surface area contributed by atoms with Crippen LogP contribution in [0.3, 0.4) is 0 Å². The van der Waals surface area contributed by atoms with Crippen molar-refractivity contribution < 1.29 is 27.1 Å². The fourth-order valence-electron chi connectivity index (χ4n) is 3.22. The lowest BCUT2D eigenvalue weighted by Crippen LogP contribution is -2.46. The van der Waals surface area contributed by atoms with Gasteiger partial charge in [0.25, 0.3) is 10.0 Å². The summed E-state index contributed by atoms with van der Waals surface area (Å²) >= 11 is 0.938. The number of benzene rings is 1. The molecule has 1 amide bonds. The van der Waals surface area contributed by atoms with Crippen molar-refractivity contribution in [2.24, 2.45) is 7.05 Å². The van der Waals surface area contributed by atoms with Gasteiger partial charge in [-0.15, -0.1) is 11.3 Å². The summed E-state index contributed by atoms with van der Waals surface area (Å²) in [6.45, 7) is 4.58. The van der Waals surface area contributed by atoms with E-state index in [1.165, 1.54) is 55.5 Å². The van der Waals surface area contributed by atoms with E-state index in [2.05, 4.69) is 4.98 Å². The predicted octanol–water partition coefficient (Wildman–Crippen LogP) is 2.74. The first-order valence-electron chi connectivity index (χ1n) is 10.3. The van der Waals surface area contributed by atoms with E-state index in [4.69, 9.17) is 9.47 Å². The van der Waals surface area contributed by atoms with Crippen LogP contribution in [0.4, 0.5) is 4.39 Å². The maximum Gasteiger partial charge on any atom is 0.326 e. The van der Waals surface area contributed by atoms with Crippen molar-refractivity contribution in [2.75, 3.05) is 20.3 Å². The Hall–Kier alpha value is -2.67. The first kappa shape index (κ1) is 25.9. The minimum Gasteiger partial charge on any atom is -0.377 e. The number of fused-ring (bicyclic) bond motifs is 1. The van der Waals surface area contributed by atoms with Gasteiger partial charge in [-0.1, -0.05) is 0 Å². The van der Waals surface area contributed by atoms with Crippen LogP contribution in [0.1, 0.15) is 25.8 Å². The van der Waals surface area contributed by atoms with Crippen molar-refractivity contribution in [1.82, 2.24) is 13.9 Å². The lowest BCUT2D eigenvalue weighted by atomic mass is 10.1. The number of nitrogens with zero attached hydrogens (tertiary/aromatic N) is 3. The molecule has 0 saturated heterocycles. The number of pyridine rings is 1. The van der Waals surface area contributed by atoms with Crippen LogP contribution in [0, 0.1) is 5.82 Å². The number of ether oxygens (including phenoxy) is 2. The highest BCUT2D eigenvalue weighted by Crippen LogP contribution is 2.39. The van der Waals surface area contributed by atoms with Crippen LogP contribution in [0.25, 0.3) is 21.3 Å². The quantitative estimate of drug-likeness (QED) is 0.386. The molecule has 3 aromatic rings. The molecule has 183 valence electrons. The second-order valence-electron chi connectivity index (χ2n) is 7.92. The minimum atomic E-state index is -4.42. The summed E-state index contributed by atoms with van der Waals surface area (Å²) in [7, 11) is -1.68. The van der Waals surface area contributed by atoms with Crippen molar-refractivity contribution in [3.05, 3.63) is 51.6 Å². The van der Waals surface area contributed by atoms with Gasteiger partial charge < -0.3 is 14.0 Å². The smallest absolute Gasteiger partial charge is 0.326 e. The van der Waals surface area contributed by atoms with Gasteiger partial charge in [0, 0.05) is 37.5 Å². The number of rotatable bonds is 10. The van der Waals surface area contributed by atoms with E-state index in [0.29, 0.717) is 20.1 Å². The summed E-state index contributed by atoms with van der Waals surface area (Å²) in [6, 6.07) is 5.56. The zero-order valence-corrected chi connectivity index (χ0v) is 21.0. The van der Waals surface area contributed by atoms with Gasteiger partial charge in [0.2, 0.25) is 10.5 Å². The first-order chi connectivity index (χ1) is 15.9. The largest absolute Gasteiger partial charge is 0.377 e. The standard InChI is InChI=1S/C22H25FN3O6S2/c1-14(2)32-9-8-26(13-27)34(29,30)22(3,31-5)21-24-18-10-16(17(23)11-19(18)33-21)15-6-7-20(28)25(4)12-15/h6-7,10-12,14H,8-9H2,1-5H3. The van der Waals surface area contributed by atoms with Crippen LogP contribution in [0.2, 0.25) is 0 Å². The molecule has 9 nitrogen and oxygen atoms in total. The highest BCUT2D eigenvalue weighted by molar-refractivity contribution is 7.90. The molecule has 1 atom stereocenters. The van der Waals surface area contributed by atoms with Crippen molar-refractivity contribution >= 4 is 38.0 Å². The molecule has 0 fully saturated rings. The summed E-state index contributed by atoms with van der Waals surface area (Å²) < 4.78 is 54.5. The molecule has 12 heteroatoms. The van der Waals surface area contributed by atoms with E-state index in [0.717, 1.165) is 11.3 Å². The summed E-state index contributed by atoms with van der Waals surface area (Å²) in [4.78, 5) is 25.6. The maximum atomic E-state index is 14.9. The fraction of sp³-hybridized carbons (Fsp3) is 0.409. The zero-order chi connectivity index (χ0) is 25.3. The van der Waals surface area contributed by atoms with E-state index < -0.39 is 20.8 Å². The average Bonchev–Trinajstić information content (AvgIpc) is 3.20. The fourth-order valence-corrected chi connectivity index (χ4v) is 5.96. The number of hydrogen-bond donors (Lipinski definition) is 0. The van der Waals surface area contributed by atoms with Gasteiger partial charge in [0.05, 0.1) is 29.5 Å². The highest BCUT2D eigenvalue weighted by Gasteiger charge is 2.48. The number of aryl methyl sites for hydroxylation is 1. The Kier molecular flexibility index (Phi) is 7.56. The molecular weight excluding hydrogens is 485 g/mol. The van der Waals surface area contributed by atoms with Gasteiger partial charge in [-0.3, -0.25) is 9.59 Å². The van der Waals surface area contributed by atoms with Crippen LogP contribution in [0.15, 0.2) is 35.3 Å². The summed E-state index contributed by atoms with van der Waals surface area (Å²) in [6.07, 6.45) is 2.79. The molecule has 1 unspecified atom stereocenters. The maximum absolute atomic E-state index is 14.9. The third kappa shape index (κ3) is 4.76. The van der Waals surface area contributed by atoms with Gasteiger partial charge in [0.1, 0.15) is 10.8 Å². The Balaban J connectivity index is 2.05. The lowest BCUT2D eigenvalue weighted by Gasteiger charge is -2.30. The van der Waals surface area contributed by atoms with Crippen LogP contribution >= 0.6 is 11.3 Å². The molecule has 0 aliphatic heterocycles. The van der Waals surface area contributed by atoms with E-state index in [1.54, 1.807) is 20.9 Å². The topological polar surface area (TPSA) is 108 Å². The monoisotopic (exact) mass is 510 g/mol. The number of hydrogen-bond acceptors (Lipinski definition) is 8. The number of methoxy groups -OCH3 is 1. The Morgan fingerprint density at radius 1 is 1.32 bits per heavy atom. The number of halogens is 1. The molecule has 0 N–H and O–H groups in total. The number of amides is 1. The number of aromatic nitrogens is 2. The van der Waals surface area contributed by atoms with Gasteiger partial charge in [-0.05, 0) is 39.0 Å². The Bertz CT molecular complexity index is 1370. The van der Waals surface area contributed by atoms with Crippen LogP contribution in [0.5, 0.6) is 0 Å². The average molecular weight is 511 g/mol. The molecule has 0 saturated carbocycles.